The highest BCUT2D eigenvalue weighted by Crippen LogP contribution is 2.32. The minimum atomic E-state index is -3.66. The number of nitrogens with one attached hydrogen (secondary N) is 2. The zero-order valence-electron chi connectivity index (χ0n) is 14.9. The molecule has 0 aliphatic carbocycles. The van der Waals surface area contributed by atoms with E-state index in [4.69, 9.17) is 11.6 Å². The summed E-state index contributed by atoms with van der Waals surface area (Å²) in [7, 11) is -3.66. The summed E-state index contributed by atoms with van der Waals surface area (Å²) in [5.41, 5.74) is 2.34. The molecule has 9 heteroatoms. The Morgan fingerprint density at radius 3 is 2.71 bits per heavy atom. The van der Waals surface area contributed by atoms with Gasteiger partial charge in [-0.2, -0.15) is 9.40 Å². The number of carbonyl (C=O) groups is 1. The zero-order valence-corrected chi connectivity index (χ0v) is 16.5. The van der Waals surface area contributed by atoms with E-state index in [0.29, 0.717) is 33.2 Å². The number of fused-ring (bicyclic) bond motifs is 1. The summed E-state index contributed by atoms with van der Waals surface area (Å²) in [6.45, 7) is 2.04. The quantitative estimate of drug-likeness (QED) is 0.681. The molecule has 0 atom stereocenters. The molecule has 0 bridgehead atoms. The van der Waals surface area contributed by atoms with Crippen LogP contribution in [0.1, 0.15) is 27.2 Å². The molecule has 0 saturated heterocycles. The lowest BCUT2D eigenvalue weighted by molar-refractivity contribution is 0.102. The van der Waals surface area contributed by atoms with E-state index in [2.05, 4.69) is 15.5 Å². The van der Waals surface area contributed by atoms with Crippen molar-refractivity contribution < 1.29 is 13.2 Å². The number of rotatable bonds is 4. The predicted octanol–water partition coefficient (Wildman–Crippen LogP) is 3.33. The number of sulfonamides is 1. The van der Waals surface area contributed by atoms with Gasteiger partial charge in [-0.1, -0.05) is 35.9 Å². The van der Waals surface area contributed by atoms with Gasteiger partial charge in [0.15, 0.2) is 0 Å². The number of H-pyrrole nitrogens is 1. The SMILES string of the molecule is Cc1ccccc1S(=O)(=O)N1Cc2n[nH]c(NC(=O)c3cccc(Cl)c3)c2C1. The average Bonchev–Trinajstić information content (AvgIpc) is 3.24. The molecule has 7 nitrogen and oxygen atoms in total. The van der Waals surface area contributed by atoms with Crippen molar-refractivity contribution in [3.63, 3.8) is 0 Å². The molecular formula is C19H17ClN4O3S. The Bertz CT molecular complexity index is 1170. The van der Waals surface area contributed by atoms with Crippen LogP contribution in [0.5, 0.6) is 0 Å². The highest BCUT2D eigenvalue weighted by molar-refractivity contribution is 7.89. The summed E-state index contributed by atoms with van der Waals surface area (Å²) >= 11 is 5.93. The first-order valence-electron chi connectivity index (χ1n) is 8.55. The van der Waals surface area contributed by atoms with E-state index in [-0.39, 0.29) is 23.9 Å². The molecule has 1 aromatic heterocycles. The van der Waals surface area contributed by atoms with Crippen molar-refractivity contribution in [3.8, 4) is 0 Å². The third-order valence-corrected chi connectivity index (χ3v) is 6.84. The molecule has 1 amide bonds. The van der Waals surface area contributed by atoms with E-state index in [1.165, 1.54) is 4.31 Å². The van der Waals surface area contributed by atoms with Crippen LogP contribution in [0.15, 0.2) is 53.4 Å². The van der Waals surface area contributed by atoms with Crippen LogP contribution in [0.2, 0.25) is 5.02 Å². The second-order valence-corrected chi connectivity index (χ2v) is 8.87. The minimum Gasteiger partial charge on any atom is -0.307 e. The highest BCUT2D eigenvalue weighted by atomic mass is 35.5. The summed E-state index contributed by atoms with van der Waals surface area (Å²) < 4.78 is 27.4. The molecule has 1 aliphatic heterocycles. The lowest BCUT2D eigenvalue weighted by atomic mass is 10.2. The smallest absolute Gasteiger partial charge is 0.256 e. The Balaban J connectivity index is 1.57. The molecule has 0 radical (unpaired) electrons. The molecule has 1 aliphatic rings. The summed E-state index contributed by atoms with van der Waals surface area (Å²) in [6.07, 6.45) is 0. The Morgan fingerprint density at radius 2 is 1.96 bits per heavy atom. The fourth-order valence-corrected chi connectivity index (χ4v) is 4.96. The van der Waals surface area contributed by atoms with Crippen molar-refractivity contribution in [1.82, 2.24) is 14.5 Å². The number of aromatic amines is 1. The number of halogens is 1. The number of carbonyl (C=O) groups excluding carboxylic acids is 1. The van der Waals surface area contributed by atoms with Gasteiger partial charge in [-0.3, -0.25) is 9.89 Å². The standard InChI is InChI=1S/C19H17ClN4O3S/c1-12-5-2-3-8-17(12)28(26,27)24-10-15-16(11-24)22-23-18(15)21-19(25)13-6-4-7-14(20)9-13/h2-9H,10-11H2,1H3,(H2,21,22,23,25). The number of benzene rings is 2. The number of nitrogens with zero attached hydrogens (tertiary/aromatic N) is 2. The molecule has 2 heterocycles. The van der Waals surface area contributed by atoms with Gasteiger partial charge in [0.05, 0.1) is 17.1 Å². The van der Waals surface area contributed by atoms with Crippen molar-refractivity contribution in [1.29, 1.82) is 0 Å². The number of hydrogen-bond acceptors (Lipinski definition) is 4. The first-order valence-corrected chi connectivity index (χ1v) is 10.4. The van der Waals surface area contributed by atoms with Crippen molar-refractivity contribution in [2.75, 3.05) is 5.32 Å². The van der Waals surface area contributed by atoms with Gasteiger partial charge in [-0.15, -0.1) is 0 Å². The second kappa shape index (κ2) is 7.05. The number of hydrogen-bond donors (Lipinski definition) is 2. The summed E-state index contributed by atoms with van der Waals surface area (Å²) in [6, 6.07) is 13.4. The van der Waals surface area contributed by atoms with E-state index >= 15 is 0 Å². The minimum absolute atomic E-state index is 0.133. The van der Waals surface area contributed by atoms with Crippen molar-refractivity contribution in [3.05, 3.63) is 75.9 Å². The number of anilines is 1. The van der Waals surface area contributed by atoms with Crippen LogP contribution in [0.3, 0.4) is 0 Å². The Kier molecular flexibility index (Phi) is 4.70. The van der Waals surface area contributed by atoms with E-state index in [1.807, 2.05) is 0 Å². The third kappa shape index (κ3) is 3.30. The van der Waals surface area contributed by atoms with Gasteiger partial charge in [0, 0.05) is 22.7 Å². The van der Waals surface area contributed by atoms with Crippen LogP contribution in [0.25, 0.3) is 0 Å². The van der Waals surface area contributed by atoms with E-state index in [1.54, 1.807) is 55.5 Å². The van der Waals surface area contributed by atoms with Gasteiger partial charge in [0.1, 0.15) is 5.82 Å². The maximum absolute atomic E-state index is 13.0. The fraction of sp³-hybridized carbons (Fsp3) is 0.158. The van der Waals surface area contributed by atoms with E-state index < -0.39 is 10.0 Å². The zero-order chi connectivity index (χ0) is 19.9. The van der Waals surface area contributed by atoms with Crippen LogP contribution in [0, 0.1) is 6.92 Å². The highest BCUT2D eigenvalue weighted by Gasteiger charge is 2.35. The molecule has 2 N–H and O–H groups in total. The molecule has 0 fully saturated rings. The van der Waals surface area contributed by atoms with Gasteiger partial charge in [-0.25, -0.2) is 8.42 Å². The van der Waals surface area contributed by atoms with Gasteiger partial charge < -0.3 is 5.32 Å². The van der Waals surface area contributed by atoms with Crippen molar-refractivity contribution in [2.24, 2.45) is 0 Å². The number of aryl methyl sites for hydroxylation is 1. The monoisotopic (exact) mass is 416 g/mol. The summed E-state index contributed by atoms with van der Waals surface area (Å²) in [5, 5.41) is 10.2. The lowest BCUT2D eigenvalue weighted by Crippen LogP contribution is -2.27. The molecule has 2 aromatic carbocycles. The fourth-order valence-electron chi connectivity index (χ4n) is 3.18. The molecule has 0 unspecified atom stereocenters. The maximum atomic E-state index is 13.0. The first kappa shape index (κ1) is 18.7. The Hall–Kier alpha value is -2.68. The van der Waals surface area contributed by atoms with Gasteiger partial charge in [0.25, 0.3) is 5.91 Å². The van der Waals surface area contributed by atoms with Crippen LogP contribution in [0.4, 0.5) is 5.82 Å². The molecule has 0 saturated carbocycles. The molecule has 28 heavy (non-hydrogen) atoms. The van der Waals surface area contributed by atoms with Gasteiger partial charge in [0.2, 0.25) is 10.0 Å². The third-order valence-electron chi connectivity index (χ3n) is 4.65. The number of aromatic nitrogens is 2. The molecule has 4 rings (SSSR count). The van der Waals surface area contributed by atoms with E-state index in [9.17, 15) is 13.2 Å². The molecule has 144 valence electrons. The molecule has 3 aromatic rings. The second-order valence-electron chi connectivity index (χ2n) is 6.53. The van der Waals surface area contributed by atoms with Gasteiger partial charge >= 0.3 is 0 Å². The predicted molar refractivity (Wildman–Crippen MR) is 106 cm³/mol. The normalized spacial score (nSPS) is 14.1. The van der Waals surface area contributed by atoms with Crippen LogP contribution in [-0.2, 0) is 23.1 Å². The molecular weight excluding hydrogens is 400 g/mol. The maximum Gasteiger partial charge on any atom is 0.256 e. The number of amides is 1. The van der Waals surface area contributed by atoms with Crippen molar-refractivity contribution >= 4 is 33.3 Å². The van der Waals surface area contributed by atoms with E-state index in [0.717, 1.165) is 0 Å². The Morgan fingerprint density at radius 1 is 1.18 bits per heavy atom. The first-order chi connectivity index (χ1) is 13.4. The topological polar surface area (TPSA) is 95.2 Å². The lowest BCUT2D eigenvalue weighted by Gasteiger charge is -2.17. The van der Waals surface area contributed by atoms with Crippen LogP contribution in [-0.4, -0.2) is 28.8 Å². The van der Waals surface area contributed by atoms with Gasteiger partial charge in [-0.05, 0) is 36.8 Å². The average molecular weight is 417 g/mol. The summed E-state index contributed by atoms with van der Waals surface area (Å²) in [4.78, 5) is 12.7. The Labute approximate surface area is 167 Å². The van der Waals surface area contributed by atoms with Crippen molar-refractivity contribution in [2.45, 2.75) is 24.9 Å². The molecule has 0 spiro atoms. The van der Waals surface area contributed by atoms with Crippen LogP contribution >= 0.6 is 11.6 Å². The van der Waals surface area contributed by atoms with Crippen LogP contribution < -0.4 is 5.32 Å². The summed E-state index contributed by atoms with van der Waals surface area (Å²) in [5.74, 6) is 0.0385. The largest absolute Gasteiger partial charge is 0.307 e.